The predicted octanol–water partition coefficient (Wildman–Crippen LogP) is -0.0210. The van der Waals surface area contributed by atoms with E-state index in [0.717, 1.165) is 5.56 Å². The number of β-amino-alcohol motifs (C(OH)–C–C–N with tert-alkyl or cyclic N) is 1. The first-order valence-electron chi connectivity index (χ1n) is 4.46. The van der Waals surface area contributed by atoms with Gasteiger partial charge in [0.15, 0.2) is 0 Å². The van der Waals surface area contributed by atoms with E-state index in [-0.39, 0.29) is 5.88 Å². The molecule has 0 spiro atoms. The number of pyridine rings is 1. The molecule has 7 heteroatoms. The third kappa shape index (κ3) is 2.35. The summed E-state index contributed by atoms with van der Waals surface area (Å²) in [4.78, 5) is 12.6. The van der Waals surface area contributed by atoms with Crippen molar-refractivity contribution in [2.45, 2.75) is 12.6 Å². The Hall–Kier alpha value is -0.940. The van der Waals surface area contributed by atoms with Crippen LogP contribution in [0.15, 0.2) is 12.1 Å². The molecule has 0 saturated carbocycles. The molecular weight excluding hydrogens is 219 g/mol. The lowest BCUT2D eigenvalue weighted by atomic mass is 10.1. The molecule has 1 aliphatic rings. The maximum absolute atomic E-state index is 10.5. The van der Waals surface area contributed by atoms with Crippen molar-refractivity contribution in [3.05, 3.63) is 23.4 Å². The van der Waals surface area contributed by atoms with Crippen molar-refractivity contribution in [2.75, 3.05) is 6.54 Å². The Labute approximate surface area is 86.9 Å². The SMILES string of the molecule is O=[PH](O)Oc1ccc2c(n1)C(O)CNC2. The first-order chi connectivity index (χ1) is 7.16. The van der Waals surface area contributed by atoms with Gasteiger partial charge in [-0.1, -0.05) is 6.07 Å². The molecule has 82 valence electrons. The highest BCUT2D eigenvalue weighted by atomic mass is 31.1. The average Bonchev–Trinajstić information content (AvgIpc) is 2.18. The normalized spacial score (nSPS) is 21.9. The smallest absolute Gasteiger partial charge is 0.366 e. The van der Waals surface area contributed by atoms with E-state index < -0.39 is 14.4 Å². The molecule has 6 nitrogen and oxygen atoms in total. The molecule has 0 saturated heterocycles. The van der Waals surface area contributed by atoms with Crippen LogP contribution >= 0.6 is 8.25 Å². The second-order valence-corrected chi connectivity index (χ2v) is 3.94. The minimum absolute atomic E-state index is 0.0705. The Morgan fingerprint density at radius 1 is 1.60 bits per heavy atom. The zero-order valence-corrected chi connectivity index (χ0v) is 8.80. The van der Waals surface area contributed by atoms with E-state index in [0.29, 0.717) is 18.8 Å². The van der Waals surface area contributed by atoms with Gasteiger partial charge in [0.1, 0.15) is 6.10 Å². The van der Waals surface area contributed by atoms with Crippen molar-refractivity contribution >= 4 is 8.25 Å². The predicted molar refractivity (Wildman–Crippen MR) is 52.8 cm³/mol. The quantitative estimate of drug-likeness (QED) is 0.618. The molecule has 2 atom stereocenters. The minimum atomic E-state index is -3.04. The standard InChI is InChI=1S/C8H11N2O4P/c11-6-4-9-3-5-1-2-7(10-8(5)6)14-15(12)13/h1-2,6,9,11,15H,3-4H2,(H,12,13). The van der Waals surface area contributed by atoms with E-state index >= 15 is 0 Å². The summed E-state index contributed by atoms with van der Waals surface area (Å²) >= 11 is 0. The summed E-state index contributed by atoms with van der Waals surface area (Å²) < 4.78 is 15.1. The fraction of sp³-hybridized carbons (Fsp3) is 0.375. The third-order valence-electron chi connectivity index (χ3n) is 2.15. The molecular formula is C8H11N2O4P. The molecule has 2 unspecified atom stereocenters. The van der Waals surface area contributed by atoms with Crippen LogP contribution in [0.2, 0.25) is 0 Å². The van der Waals surface area contributed by atoms with E-state index in [4.69, 9.17) is 4.89 Å². The Morgan fingerprint density at radius 2 is 2.40 bits per heavy atom. The first kappa shape index (κ1) is 10.6. The van der Waals surface area contributed by atoms with Crippen LogP contribution in [0, 0.1) is 0 Å². The molecule has 1 aromatic heterocycles. The van der Waals surface area contributed by atoms with Gasteiger partial charge in [-0.05, 0) is 5.56 Å². The van der Waals surface area contributed by atoms with Crippen LogP contribution in [0.3, 0.4) is 0 Å². The number of hydrogen-bond acceptors (Lipinski definition) is 5. The van der Waals surface area contributed by atoms with Crippen LogP contribution in [0.25, 0.3) is 0 Å². The molecule has 1 aliphatic heterocycles. The fourth-order valence-electron chi connectivity index (χ4n) is 1.51. The second kappa shape index (κ2) is 4.28. The van der Waals surface area contributed by atoms with E-state index in [1.165, 1.54) is 6.07 Å². The van der Waals surface area contributed by atoms with Gasteiger partial charge in [-0.3, -0.25) is 0 Å². The Bertz CT molecular complexity index is 398. The first-order valence-corrected chi connectivity index (χ1v) is 5.72. The fourth-order valence-corrected chi connectivity index (χ4v) is 1.80. The van der Waals surface area contributed by atoms with Crippen molar-refractivity contribution in [2.24, 2.45) is 0 Å². The van der Waals surface area contributed by atoms with E-state index in [1.54, 1.807) is 6.07 Å². The number of fused-ring (bicyclic) bond motifs is 1. The van der Waals surface area contributed by atoms with Crippen molar-refractivity contribution in [1.29, 1.82) is 0 Å². The summed E-state index contributed by atoms with van der Waals surface area (Å²) in [5.41, 5.74) is 1.38. The highest BCUT2D eigenvalue weighted by Gasteiger charge is 2.19. The highest BCUT2D eigenvalue weighted by molar-refractivity contribution is 7.32. The largest absolute Gasteiger partial charge is 0.408 e. The number of aromatic nitrogens is 1. The number of hydrogen-bond donors (Lipinski definition) is 3. The van der Waals surface area contributed by atoms with Crippen LogP contribution in [0.1, 0.15) is 17.4 Å². The molecule has 0 aliphatic carbocycles. The molecule has 0 fully saturated rings. The zero-order chi connectivity index (χ0) is 10.8. The van der Waals surface area contributed by atoms with E-state index in [1.807, 2.05) is 0 Å². The van der Waals surface area contributed by atoms with Crippen LogP contribution in [0.5, 0.6) is 5.88 Å². The molecule has 2 heterocycles. The average molecular weight is 230 g/mol. The van der Waals surface area contributed by atoms with Gasteiger partial charge < -0.3 is 19.8 Å². The minimum Gasteiger partial charge on any atom is -0.408 e. The number of aliphatic hydroxyl groups excluding tert-OH is 1. The lowest BCUT2D eigenvalue weighted by Crippen LogP contribution is -2.28. The van der Waals surface area contributed by atoms with Gasteiger partial charge in [-0.2, -0.15) is 0 Å². The molecule has 15 heavy (non-hydrogen) atoms. The topological polar surface area (TPSA) is 91.7 Å². The molecule has 1 aromatic rings. The molecule has 0 amide bonds. The van der Waals surface area contributed by atoms with Gasteiger partial charge in [0.25, 0.3) is 0 Å². The van der Waals surface area contributed by atoms with Crippen LogP contribution < -0.4 is 9.84 Å². The molecule has 0 aromatic carbocycles. The summed E-state index contributed by atoms with van der Waals surface area (Å²) in [5, 5.41) is 12.6. The van der Waals surface area contributed by atoms with Gasteiger partial charge >= 0.3 is 8.25 Å². The van der Waals surface area contributed by atoms with Crippen molar-refractivity contribution in [3.8, 4) is 5.88 Å². The molecule has 2 rings (SSSR count). The summed E-state index contributed by atoms with van der Waals surface area (Å²) in [6.07, 6.45) is -0.696. The van der Waals surface area contributed by atoms with Gasteiger partial charge in [0.05, 0.1) is 5.69 Å². The number of nitrogens with zero attached hydrogens (tertiary/aromatic N) is 1. The summed E-state index contributed by atoms with van der Waals surface area (Å²) in [6.45, 7) is 1.06. The van der Waals surface area contributed by atoms with E-state index in [9.17, 15) is 9.67 Å². The second-order valence-electron chi connectivity index (χ2n) is 3.21. The summed E-state index contributed by atoms with van der Waals surface area (Å²) in [5.74, 6) is 0.0705. The van der Waals surface area contributed by atoms with E-state index in [2.05, 4.69) is 14.8 Å². The molecule has 0 radical (unpaired) electrons. The monoisotopic (exact) mass is 230 g/mol. The van der Waals surface area contributed by atoms with Gasteiger partial charge in [0, 0.05) is 19.2 Å². The Balaban J connectivity index is 2.31. The Morgan fingerprint density at radius 3 is 3.13 bits per heavy atom. The highest BCUT2D eigenvalue weighted by Crippen LogP contribution is 2.26. The maximum Gasteiger partial charge on any atom is 0.366 e. The van der Waals surface area contributed by atoms with Crippen molar-refractivity contribution in [3.63, 3.8) is 0 Å². The van der Waals surface area contributed by atoms with Crippen LogP contribution in [0.4, 0.5) is 0 Å². The van der Waals surface area contributed by atoms with Crippen LogP contribution in [-0.2, 0) is 11.1 Å². The lowest BCUT2D eigenvalue weighted by molar-refractivity contribution is 0.159. The van der Waals surface area contributed by atoms with Gasteiger partial charge in [-0.25, -0.2) is 9.55 Å². The third-order valence-corrected chi connectivity index (χ3v) is 2.53. The van der Waals surface area contributed by atoms with Gasteiger partial charge in [-0.15, -0.1) is 0 Å². The molecule has 3 N–H and O–H groups in total. The zero-order valence-electron chi connectivity index (χ0n) is 7.80. The van der Waals surface area contributed by atoms with Crippen molar-refractivity contribution in [1.82, 2.24) is 10.3 Å². The maximum atomic E-state index is 10.5. The lowest BCUT2D eigenvalue weighted by Gasteiger charge is -2.21. The Kier molecular flexibility index (Phi) is 3.02. The van der Waals surface area contributed by atoms with Crippen molar-refractivity contribution < 1.29 is 19.1 Å². The number of aliphatic hydroxyl groups is 1. The number of nitrogens with one attached hydrogen (secondary N) is 1. The van der Waals surface area contributed by atoms with Gasteiger partial charge in [0.2, 0.25) is 5.88 Å². The number of rotatable bonds is 2. The molecule has 0 bridgehead atoms. The summed E-state index contributed by atoms with van der Waals surface area (Å²) in [6, 6.07) is 3.23. The van der Waals surface area contributed by atoms with Crippen LogP contribution in [-0.4, -0.2) is 21.5 Å². The summed E-state index contributed by atoms with van der Waals surface area (Å²) in [7, 11) is -3.04.